The van der Waals surface area contributed by atoms with Crippen molar-refractivity contribution in [1.29, 1.82) is 0 Å². The van der Waals surface area contributed by atoms with Gasteiger partial charge >= 0.3 is 5.97 Å². The molecule has 0 aromatic rings. The molecule has 6 nitrogen and oxygen atoms in total. The van der Waals surface area contributed by atoms with Crippen LogP contribution >= 0.6 is 0 Å². The molecule has 3 rings (SSSR count). The van der Waals surface area contributed by atoms with Gasteiger partial charge in [-0.15, -0.1) is 0 Å². The normalized spacial score (nSPS) is 29.5. The SMILES string of the molecule is O=C(O)CC1CCCN1C(=O)C1CCC(NC(=O)CC2CCCCC2)CC1. The number of rotatable bonds is 6. The minimum absolute atomic E-state index is 0.00843. The molecule has 2 saturated carbocycles. The highest BCUT2D eigenvalue weighted by Gasteiger charge is 2.36. The van der Waals surface area contributed by atoms with Crippen LogP contribution in [0.2, 0.25) is 0 Å². The second-order valence-corrected chi connectivity index (χ2v) is 8.75. The van der Waals surface area contributed by atoms with Crippen LogP contribution in [0.15, 0.2) is 0 Å². The lowest BCUT2D eigenvalue weighted by molar-refractivity contribution is -0.141. The van der Waals surface area contributed by atoms with Gasteiger partial charge in [0.05, 0.1) is 6.42 Å². The topological polar surface area (TPSA) is 86.7 Å². The Morgan fingerprint density at radius 2 is 1.56 bits per heavy atom. The van der Waals surface area contributed by atoms with E-state index in [1.807, 2.05) is 0 Å². The zero-order valence-corrected chi connectivity index (χ0v) is 16.3. The van der Waals surface area contributed by atoms with Gasteiger partial charge in [-0.3, -0.25) is 14.4 Å². The third-order valence-electron chi connectivity index (χ3n) is 6.71. The summed E-state index contributed by atoms with van der Waals surface area (Å²) in [6, 6.07) is 0.0569. The van der Waals surface area contributed by atoms with Crippen LogP contribution in [0.5, 0.6) is 0 Å². The first-order valence-electron chi connectivity index (χ1n) is 10.8. The molecule has 2 amide bonds. The summed E-state index contributed by atoms with van der Waals surface area (Å²) in [6.45, 7) is 0.689. The third kappa shape index (κ3) is 5.69. The lowest BCUT2D eigenvalue weighted by Gasteiger charge is -2.33. The van der Waals surface area contributed by atoms with Crippen LogP contribution in [-0.2, 0) is 14.4 Å². The van der Waals surface area contributed by atoms with E-state index in [1.54, 1.807) is 4.90 Å². The Morgan fingerprint density at radius 3 is 2.22 bits per heavy atom. The molecule has 3 aliphatic rings. The number of aliphatic carboxylic acids is 1. The standard InChI is InChI=1S/C21H34N2O4/c24-19(13-15-5-2-1-3-6-15)22-17-10-8-16(9-11-17)21(27)23-12-4-7-18(23)14-20(25)26/h15-18H,1-14H2,(H,22,24)(H,25,26). The number of amides is 2. The van der Waals surface area contributed by atoms with Crippen LogP contribution in [0, 0.1) is 11.8 Å². The predicted octanol–water partition coefficient (Wildman–Crippen LogP) is 3.10. The van der Waals surface area contributed by atoms with E-state index in [-0.39, 0.29) is 36.2 Å². The molecule has 152 valence electrons. The van der Waals surface area contributed by atoms with Gasteiger partial charge in [0.15, 0.2) is 0 Å². The van der Waals surface area contributed by atoms with E-state index in [4.69, 9.17) is 5.11 Å². The fourth-order valence-electron chi connectivity index (χ4n) is 5.20. The van der Waals surface area contributed by atoms with Crippen molar-refractivity contribution in [2.75, 3.05) is 6.54 Å². The van der Waals surface area contributed by atoms with E-state index < -0.39 is 5.97 Å². The molecular formula is C21H34N2O4. The summed E-state index contributed by atoms with van der Waals surface area (Å²) in [6.07, 6.45) is 11.9. The number of hydrogen-bond acceptors (Lipinski definition) is 3. The molecule has 0 spiro atoms. The van der Waals surface area contributed by atoms with Crippen molar-refractivity contribution in [1.82, 2.24) is 10.2 Å². The molecule has 1 atom stereocenters. The van der Waals surface area contributed by atoms with Gasteiger partial charge < -0.3 is 15.3 Å². The Labute approximate surface area is 162 Å². The summed E-state index contributed by atoms with van der Waals surface area (Å²) in [4.78, 5) is 38.0. The van der Waals surface area contributed by atoms with Gasteiger partial charge in [0, 0.05) is 31.0 Å². The van der Waals surface area contributed by atoms with E-state index in [2.05, 4.69) is 5.32 Å². The molecule has 1 saturated heterocycles. The quantitative estimate of drug-likeness (QED) is 0.743. The lowest BCUT2D eigenvalue weighted by Crippen LogP contribution is -2.44. The number of hydrogen-bond donors (Lipinski definition) is 2. The summed E-state index contributed by atoms with van der Waals surface area (Å²) in [5.41, 5.74) is 0. The Morgan fingerprint density at radius 1 is 0.852 bits per heavy atom. The zero-order chi connectivity index (χ0) is 19.2. The zero-order valence-electron chi connectivity index (χ0n) is 16.3. The molecule has 3 fully saturated rings. The van der Waals surface area contributed by atoms with E-state index in [1.165, 1.54) is 32.1 Å². The maximum Gasteiger partial charge on any atom is 0.305 e. The average molecular weight is 379 g/mol. The van der Waals surface area contributed by atoms with Gasteiger partial charge in [-0.2, -0.15) is 0 Å². The summed E-state index contributed by atoms with van der Waals surface area (Å²) in [5.74, 6) is 0.0245. The third-order valence-corrected chi connectivity index (χ3v) is 6.71. The second-order valence-electron chi connectivity index (χ2n) is 8.75. The Hall–Kier alpha value is -1.59. The largest absolute Gasteiger partial charge is 0.481 e. The van der Waals surface area contributed by atoms with Crippen molar-refractivity contribution in [2.45, 2.75) is 95.6 Å². The van der Waals surface area contributed by atoms with Crippen molar-refractivity contribution >= 4 is 17.8 Å². The smallest absolute Gasteiger partial charge is 0.305 e. The summed E-state index contributed by atoms with van der Waals surface area (Å²) in [7, 11) is 0. The van der Waals surface area contributed by atoms with Gasteiger partial charge in [-0.1, -0.05) is 19.3 Å². The van der Waals surface area contributed by atoms with Crippen LogP contribution in [0.25, 0.3) is 0 Å². The molecule has 1 unspecified atom stereocenters. The highest BCUT2D eigenvalue weighted by atomic mass is 16.4. The van der Waals surface area contributed by atoms with Crippen molar-refractivity contribution in [3.05, 3.63) is 0 Å². The maximum absolute atomic E-state index is 12.8. The summed E-state index contributed by atoms with van der Waals surface area (Å²) >= 11 is 0. The van der Waals surface area contributed by atoms with Crippen LogP contribution in [0.3, 0.4) is 0 Å². The van der Waals surface area contributed by atoms with Crippen molar-refractivity contribution in [3.8, 4) is 0 Å². The van der Waals surface area contributed by atoms with Gasteiger partial charge in [-0.05, 0) is 57.3 Å². The van der Waals surface area contributed by atoms with E-state index >= 15 is 0 Å². The number of nitrogens with zero attached hydrogens (tertiary/aromatic N) is 1. The first-order chi connectivity index (χ1) is 13.0. The molecular weight excluding hydrogens is 344 g/mol. The molecule has 0 bridgehead atoms. The number of carbonyl (C=O) groups is 3. The molecule has 0 aromatic heterocycles. The summed E-state index contributed by atoms with van der Waals surface area (Å²) < 4.78 is 0. The first kappa shape index (κ1) is 20.2. The summed E-state index contributed by atoms with van der Waals surface area (Å²) in [5, 5.41) is 12.2. The first-order valence-corrected chi connectivity index (χ1v) is 10.8. The minimum Gasteiger partial charge on any atom is -0.481 e. The minimum atomic E-state index is -0.830. The van der Waals surface area contributed by atoms with Crippen LogP contribution < -0.4 is 5.32 Å². The Balaban J connectivity index is 1.41. The van der Waals surface area contributed by atoms with Crippen molar-refractivity contribution in [3.63, 3.8) is 0 Å². The number of likely N-dealkylation sites (tertiary alicyclic amines) is 1. The molecule has 1 heterocycles. The number of nitrogens with one attached hydrogen (secondary N) is 1. The van der Waals surface area contributed by atoms with Crippen LogP contribution in [-0.4, -0.2) is 46.4 Å². The molecule has 2 aliphatic carbocycles. The lowest BCUT2D eigenvalue weighted by atomic mass is 9.84. The van der Waals surface area contributed by atoms with E-state index in [9.17, 15) is 14.4 Å². The van der Waals surface area contributed by atoms with Gasteiger partial charge in [0.25, 0.3) is 0 Å². The average Bonchev–Trinajstić information content (AvgIpc) is 3.10. The number of carboxylic acid groups (broad SMARTS) is 1. The Kier molecular flexibility index (Phi) is 7.13. The van der Waals surface area contributed by atoms with Crippen LogP contribution in [0.1, 0.15) is 83.5 Å². The molecule has 1 aliphatic heterocycles. The van der Waals surface area contributed by atoms with Gasteiger partial charge in [0.2, 0.25) is 11.8 Å². The molecule has 27 heavy (non-hydrogen) atoms. The maximum atomic E-state index is 12.8. The van der Waals surface area contributed by atoms with Crippen LogP contribution in [0.4, 0.5) is 0 Å². The highest BCUT2D eigenvalue weighted by molar-refractivity contribution is 5.80. The van der Waals surface area contributed by atoms with E-state index in [0.717, 1.165) is 38.5 Å². The fraction of sp³-hybridized carbons (Fsp3) is 0.857. The predicted molar refractivity (Wildman–Crippen MR) is 102 cm³/mol. The van der Waals surface area contributed by atoms with Gasteiger partial charge in [-0.25, -0.2) is 0 Å². The van der Waals surface area contributed by atoms with E-state index in [0.29, 0.717) is 18.9 Å². The van der Waals surface area contributed by atoms with Gasteiger partial charge in [0.1, 0.15) is 0 Å². The number of carbonyl (C=O) groups excluding carboxylic acids is 2. The van der Waals surface area contributed by atoms with Crippen molar-refractivity contribution in [2.24, 2.45) is 11.8 Å². The molecule has 0 radical (unpaired) electrons. The monoisotopic (exact) mass is 378 g/mol. The number of carboxylic acids is 1. The highest BCUT2D eigenvalue weighted by Crippen LogP contribution is 2.31. The molecule has 6 heteroatoms. The Bertz CT molecular complexity index is 536. The van der Waals surface area contributed by atoms with Crippen molar-refractivity contribution < 1.29 is 19.5 Å². The second kappa shape index (κ2) is 9.56. The fourth-order valence-corrected chi connectivity index (χ4v) is 5.20. The molecule has 2 N–H and O–H groups in total. The molecule has 0 aromatic carbocycles.